The molecule has 0 spiro atoms. The van der Waals surface area contributed by atoms with E-state index in [9.17, 15) is 13.2 Å². The Kier molecular flexibility index (Phi) is 4.35. The predicted octanol–water partition coefficient (Wildman–Crippen LogP) is 0.856. The molecule has 0 saturated carbocycles. The van der Waals surface area contributed by atoms with E-state index >= 15 is 0 Å². The van der Waals surface area contributed by atoms with E-state index in [1.807, 2.05) is 14.1 Å². The monoisotopic (exact) mass is 387 g/mol. The zero-order valence-electron chi connectivity index (χ0n) is 15.3. The van der Waals surface area contributed by atoms with E-state index in [-0.39, 0.29) is 17.3 Å². The molecule has 0 saturated heterocycles. The number of anilines is 2. The molecule has 4 rings (SSSR count). The summed E-state index contributed by atoms with van der Waals surface area (Å²) in [4.78, 5) is 24.3. The average molecular weight is 387 g/mol. The van der Waals surface area contributed by atoms with E-state index in [4.69, 9.17) is 0 Å². The Morgan fingerprint density at radius 2 is 1.93 bits per heavy atom. The lowest BCUT2D eigenvalue weighted by molar-refractivity contribution is -0.118. The van der Waals surface area contributed by atoms with Gasteiger partial charge in [-0.25, -0.2) is 23.1 Å². The Labute approximate surface area is 158 Å². The van der Waals surface area contributed by atoms with Crippen LogP contribution in [0.15, 0.2) is 29.3 Å². The second kappa shape index (κ2) is 6.58. The van der Waals surface area contributed by atoms with E-state index in [2.05, 4.69) is 14.7 Å². The van der Waals surface area contributed by atoms with Crippen LogP contribution < -0.4 is 14.5 Å². The number of nitrogens with zero attached hydrogens (tertiary/aromatic N) is 4. The molecule has 0 atom stereocenters. The molecule has 0 bridgehead atoms. The lowest BCUT2D eigenvalue weighted by Crippen LogP contribution is -2.33. The molecule has 0 fully saturated rings. The molecule has 1 amide bonds. The lowest BCUT2D eigenvalue weighted by Gasteiger charge is -2.25. The van der Waals surface area contributed by atoms with Gasteiger partial charge in [0.15, 0.2) is 0 Å². The van der Waals surface area contributed by atoms with Crippen LogP contribution in [0.3, 0.4) is 0 Å². The number of amides is 1. The van der Waals surface area contributed by atoms with Crippen LogP contribution in [0.1, 0.15) is 23.2 Å². The number of nitrogens with one attached hydrogen (secondary N) is 1. The number of hydrogen-bond donors (Lipinski definition) is 1. The van der Waals surface area contributed by atoms with Gasteiger partial charge in [-0.2, -0.15) is 0 Å². The number of carbonyl (C=O) groups excluding carboxylic acids is 1. The molecule has 2 aliphatic rings. The van der Waals surface area contributed by atoms with Crippen LogP contribution in [0.25, 0.3) is 0 Å². The first-order valence-corrected chi connectivity index (χ1v) is 10.3. The van der Waals surface area contributed by atoms with Crippen molar-refractivity contribution in [2.75, 3.05) is 30.4 Å². The zero-order valence-corrected chi connectivity index (χ0v) is 16.1. The highest BCUT2D eigenvalue weighted by Gasteiger charge is 2.32. The van der Waals surface area contributed by atoms with Crippen LogP contribution >= 0.6 is 0 Å². The van der Waals surface area contributed by atoms with E-state index in [1.54, 1.807) is 34.2 Å². The fourth-order valence-corrected chi connectivity index (χ4v) is 4.63. The summed E-state index contributed by atoms with van der Waals surface area (Å²) < 4.78 is 28.2. The van der Waals surface area contributed by atoms with Crippen molar-refractivity contribution in [2.45, 2.75) is 30.7 Å². The van der Waals surface area contributed by atoms with E-state index < -0.39 is 10.0 Å². The van der Waals surface area contributed by atoms with Gasteiger partial charge >= 0.3 is 0 Å². The minimum atomic E-state index is -3.68. The van der Waals surface area contributed by atoms with Gasteiger partial charge in [-0.1, -0.05) is 0 Å². The van der Waals surface area contributed by atoms with E-state index in [1.165, 1.54) is 0 Å². The average Bonchev–Trinajstić information content (AvgIpc) is 3.09. The molecule has 2 aromatic rings. The second-order valence-corrected chi connectivity index (χ2v) is 8.72. The van der Waals surface area contributed by atoms with Gasteiger partial charge < -0.3 is 9.80 Å². The summed E-state index contributed by atoms with van der Waals surface area (Å²) in [7, 11) is -0.0265. The number of aryl methyl sites for hydroxylation is 1. The Morgan fingerprint density at radius 3 is 2.67 bits per heavy atom. The fraction of sp³-hybridized carbons (Fsp3) is 0.389. The molecule has 1 aromatic heterocycles. The molecule has 8 nitrogen and oxygen atoms in total. The number of rotatable bonds is 5. The fourth-order valence-electron chi connectivity index (χ4n) is 3.53. The van der Waals surface area contributed by atoms with Crippen molar-refractivity contribution in [2.24, 2.45) is 0 Å². The summed E-state index contributed by atoms with van der Waals surface area (Å²) in [5, 5.41) is 0. The van der Waals surface area contributed by atoms with Crippen molar-refractivity contribution in [3.63, 3.8) is 0 Å². The van der Waals surface area contributed by atoms with Crippen LogP contribution in [0.4, 0.5) is 11.6 Å². The van der Waals surface area contributed by atoms with Crippen molar-refractivity contribution in [3.8, 4) is 0 Å². The van der Waals surface area contributed by atoms with Gasteiger partial charge in [0.05, 0.1) is 22.8 Å². The quantitative estimate of drug-likeness (QED) is 0.817. The summed E-state index contributed by atoms with van der Waals surface area (Å²) in [6, 6.07) is 5.06. The maximum absolute atomic E-state index is 12.8. The van der Waals surface area contributed by atoms with Crippen LogP contribution in [0.5, 0.6) is 0 Å². The Morgan fingerprint density at radius 1 is 1.19 bits per heavy atom. The third-order valence-electron chi connectivity index (χ3n) is 4.88. The summed E-state index contributed by atoms with van der Waals surface area (Å²) in [5.41, 5.74) is 3.37. The number of sulfonamides is 1. The van der Waals surface area contributed by atoms with Crippen LogP contribution in [0, 0.1) is 0 Å². The van der Waals surface area contributed by atoms with Gasteiger partial charge in [0, 0.05) is 33.3 Å². The number of carbonyl (C=O) groups is 1. The number of benzene rings is 1. The van der Waals surface area contributed by atoms with Crippen molar-refractivity contribution >= 4 is 27.6 Å². The normalized spacial score (nSPS) is 15.8. The minimum Gasteiger partial charge on any atom is -0.347 e. The van der Waals surface area contributed by atoms with E-state index in [0.717, 1.165) is 16.8 Å². The molecular formula is C18H21N5O3S. The van der Waals surface area contributed by atoms with Crippen LogP contribution in [0.2, 0.25) is 0 Å². The third kappa shape index (κ3) is 3.28. The Balaban J connectivity index is 1.58. The predicted molar refractivity (Wildman–Crippen MR) is 101 cm³/mol. The SMILES string of the molecule is CN(C)c1nccc(CNS(=O)(=O)c2cc3c4c(c2)CCN4C(=O)CC3)n1. The molecule has 0 radical (unpaired) electrons. The molecule has 1 N–H and O–H groups in total. The van der Waals surface area contributed by atoms with Crippen LogP contribution in [-0.4, -0.2) is 44.9 Å². The summed E-state index contributed by atoms with van der Waals surface area (Å²) in [6.07, 6.45) is 3.31. The highest BCUT2D eigenvalue weighted by atomic mass is 32.2. The summed E-state index contributed by atoms with van der Waals surface area (Å²) in [5.74, 6) is 0.647. The first kappa shape index (κ1) is 17.9. The molecular weight excluding hydrogens is 366 g/mol. The molecule has 1 aromatic carbocycles. The standard InChI is InChI=1S/C18H21N5O3S/c1-22(2)18-19-7-5-14(21-18)11-20-27(25,26)15-9-12-3-4-16(24)23-8-6-13(10-15)17(12)23/h5,7,9-10,20H,3-4,6,8,11H2,1-2H3. The smallest absolute Gasteiger partial charge is 0.240 e. The number of hydrogen-bond acceptors (Lipinski definition) is 6. The highest BCUT2D eigenvalue weighted by Crippen LogP contribution is 2.38. The van der Waals surface area contributed by atoms with Gasteiger partial charge in [-0.3, -0.25) is 4.79 Å². The lowest BCUT2D eigenvalue weighted by atomic mass is 10.00. The van der Waals surface area contributed by atoms with Crippen molar-refractivity contribution in [1.82, 2.24) is 14.7 Å². The Hall–Kier alpha value is -2.52. The molecule has 9 heteroatoms. The van der Waals surface area contributed by atoms with Gasteiger partial charge in [0.2, 0.25) is 21.9 Å². The van der Waals surface area contributed by atoms with Crippen LogP contribution in [-0.2, 0) is 34.2 Å². The highest BCUT2D eigenvalue weighted by molar-refractivity contribution is 7.89. The van der Waals surface area contributed by atoms with Gasteiger partial charge in [-0.05, 0) is 42.2 Å². The topological polar surface area (TPSA) is 95.5 Å². The molecule has 0 aliphatic carbocycles. The second-order valence-electron chi connectivity index (χ2n) is 6.95. The maximum Gasteiger partial charge on any atom is 0.240 e. The zero-order chi connectivity index (χ0) is 19.2. The minimum absolute atomic E-state index is 0.0860. The third-order valence-corrected chi connectivity index (χ3v) is 6.26. The van der Waals surface area contributed by atoms with Gasteiger partial charge in [-0.15, -0.1) is 0 Å². The molecule has 0 unspecified atom stereocenters. The summed E-state index contributed by atoms with van der Waals surface area (Å²) >= 11 is 0. The number of aromatic nitrogens is 2. The van der Waals surface area contributed by atoms with Crippen molar-refractivity contribution in [3.05, 3.63) is 41.2 Å². The molecule has 27 heavy (non-hydrogen) atoms. The molecule has 3 heterocycles. The molecule has 142 valence electrons. The summed E-state index contributed by atoms with van der Waals surface area (Å²) in [6.45, 7) is 0.717. The maximum atomic E-state index is 12.8. The Bertz CT molecular complexity index is 1020. The first-order valence-electron chi connectivity index (χ1n) is 8.80. The van der Waals surface area contributed by atoms with Crippen molar-refractivity contribution < 1.29 is 13.2 Å². The van der Waals surface area contributed by atoms with Gasteiger partial charge in [0.1, 0.15) is 0 Å². The van der Waals surface area contributed by atoms with Crippen molar-refractivity contribution in [1.29, 1.82) is 0 Å². The first-order chi connectivity index (χ1) is 12.8. The molecule has 2 aliphatic heterocycles. The van der Waals surface area contributed by atoms with E-state index in [0.29, 0.717) is 37.4 Å². The largest absolute Gasteiger partial charge is 0.347 e. The van der Waals surface area contributed by atoms with Gasteiger partial charge in [0.25, 0.3) is 0 Å².